The van der Waals surface area contributed by atoms with E-state index in [1.807, 2.05) is 42.5 Å². The average molecular weight is 656 g/mol. The number of rotatable bonds is 4. The predicted octanol–water partition coefficient (Wildman–Crippen LogP) is 12.6. The third-order valence-electron chi connectivity index (χ3n) is 10.2. The van der Waals surface area contributed by atoms with Crippen molar-refractivity contribution in [2.75, 3.05) is 4.90 Å². The zero-order valence-corrected chi connectivity index (χ0v) is 27.9. The third kappa shape index (κ3) is 4.29. The first-order chi connectivity index (χ1) is 25.9. The van der Waals surface area contributed by atoms with Crippen molar-refractivity contribution in [3.8, 4) is 44.5 Å². The molecule has 0 heterocycles. The molecule has 2 aliphatic rings. The highest BCUT2D eigenvalue weighted by atomic mass is 19.1. The second-order valence-corrected chi connectivity index (χ2v) is 14.0. The van der Waals surface area contributed by atoms with Crippen LogP contribution in [0.5, 0.6) is 0 Å². The van der Waals surface area contributed by atoms with E-state index in [1.165, 1.54) is 32.7 Å². The van der Waals surface area contributed by atoms with Crippen LogP contribution in [0.2, 0.25) is 0 Å². The van der Waals surface area contributed by atoms with Gasteiger partial charge in [-0.15, -0.1) is 0 Å². The largest absolute Gasteiger partial charge is 0.331 e. The van der Waals surface area contributed by atoms with Crippen LogP contribution in [0.25, 0.3) is 44.5 Å². The Hall–Kier alpha value is -5.80. The Balaban J connectivity index is 1.34. The lowest BCUT2D eigenvalue weighted by Crippen LogP contribution is -2.38. The summed E-state index contributed by atoms with van der Waals surface area (Å²) in [6, 6.07) is 42.1. The number of anilines is 2. The van der Waals surface area contributed by atoms with E-state index in [2.05, 4.69) is 84.9 Å². The molecule has 3 heteroatoms. The van der Waals surface area contributed by atoms with Crippen molar-refractivity contribution in [2.45, 2.75) is 31.7 Å². The first kappa shape index (κ1) is 26.1. The summed E-state index contributed by atoms with van der Waals surface area (Å²) >= 11 is 0. The number of fused-ring (bicyclic) bond motifs is 10. The zero-order valence-electron chi connectivity index (χ0n) is 31.9. The van der Waals surface area contributed by atoms with Crippen LogP contribution >= 0.6 is 0 Å². The van der Waals surface area contributed by atoms with Gasteiger partial charge in [0, 0.05) is 11.1 Å². The summed E-state index contributed by atoms with van der Waals surface area (Å²) in [5.74, 6) is -1.77. The number of hydrogen-bond acceptors (Lipinski definition) is 1. The molecule has 242 valence electrons. The molecule has 7 aromatic rings. The third-order valence-corrected chi connectivity index (χ3v) is 10.2. The molecule has 0 bridgehead atoms. The Morgan fingerprint density at radius 1 is 0.500 bits per heavy atom. The van der Waals surface area contributed by atoms with Gasteiger partial charge in [0.15, 0.2) is 5.82 Å². The second-order valence-electron chi connectivity index (χ2n) is 14.0. The van der Waals surface area contributed by atoms with E-state index in [1.54, 1.807) is 26.8 Å². The van der Waals surface area contributed by atoms with Crippen molar-refractivity contribution in [3.05, 3.63) is 192 Å². The van der Waals surface area contributed by atoms with Gasteiger partial charge < -0.3 is 4.90 Å². The van der Waals surface area contributed by atoms with Gasteiger partial charge >= 0.3 is 0 Å². The second kappa shape index (κ2) is 11.1. The highest BCUT2D eigenvalue weighted by Gasteiger charge is 2.51. The van der Waals surface area contributed by atoms with Gasteiger partial charge in [0.1, 0.15) is 5.82 Å². The van der Waals surface area contributed by atoms with Crippen LogP contribution < -0.4 is 4.90 Å². The first-order valence-electron chi connectivity index (χ1n) is 18.8. The van der Waals surface area contributed by atoms with Crippen molar-refractivity contribution in [3.63, 3.8) is 0 Å². The van der Waals surface area contributed by atoms with E-state index in [0.717, 1.165) is 22.3 Å². The molecule has 1 nitrogen and oxygen atoms in total. The number of para-hydroxylation sites is 1. The predicted molar refractivity (Wildman–Crippen MR) is 202 cm³/mol. The monoisotopic (exact) mass is 655 g/mol. The van der Waals surface area contributed by atoms with Crippen LogP contribution in [0, 0.1) is 11.6 Å². The molecule has 1 spiro atoms. The van der Waals surface area contributed by atoms with Crippen molar-refractivity contribution >= 4 is 11.4 Å². The Morgan fingerprint density at radius 3 is 1.64 bits per heavy atom. The molecule has 0 fully saturated rings. The molecule has 2 aliphatic carbocycles. The molecule has 0 saturated heterocycles. The van der Waals surface area contributed by atoms with Gasteiger partial charge in [0.25, 0.3) is 0 Å². The summed E-state index contributed by atoms with van der Waals surface area (Å²) < 4.78 is 67.1. The molecule has 0 atom stereocenters. The Labute approximate surface area is 297 Å². The minimum absolute atomic E-state index is 0.00200. The van der Waals surface area contributed by atoms with Gasteiger partial charge in [-0.1, -0.05) is 127 Å². The highest BCUT2D eigenvalue weighted by molar-refractivity contribution is 5.96. The van der Waals surface area contributed by atoms with E-state index >= 15 is 8.78 Å². The van der Waals surface area contributed by atoms with Crippen LogP contribution in [0.3, 0.4) is 0 Å². The van der Waals surface area contributed by atoms with Gasteiger partial charge in [0.2, 0.25) is 0 Å². The summed E-state index contributed by atoms with van der Waals surface area (Å²) in [5.41, 5.74) is 9.74. The van der Waals surface area contributed by atoms with E-state index in [0.29, 0.717) is 11.1 Å². The fourth-order valence-electron chi connectivity index (χ4n) is 8.30. The fourth-order valence-corrected chi connectivity index (χ4v) is 8.30. The van der Waals surface area contributed by atoms with Crippen LogP contribution in [-0.4, -0.2) is 5.54 Å². The minimum Gasteiger partial charge on any atom is -0.331 e. The SMILES string of the molecule is [2H]c1c([2H])c([2H])c(N(c2cc(-c3ccc4c(c3)C3(c5ccccc5-c5ccccc53)c3ccccc3-4)cc(-c3ccccc3)c2F)C(C)(C)C)c(F)c1[2H]. The van der Waals surface area contributed by atoms with Crippen molar-refractivity contribution < 1.29 is 14.3 Å². The van der Waals surface area contributed by atoms with Gasteiger partial charge in [0.05, 0.1) is 22.3 Å². The van der Waals surface area contributed by atoms with Crippen molar-refractivity contribution in [2.24, 2.45) is 0 Å². The van der Waals surface area contributed by atoms with Gasteiger partial charge in [-0.25, -0.2) is 8.78 Å². The lowest BCUT2D eigenvalue weighted by atomic mass is 9.70. The topological polar surface area (TPSA) is 3.24 Å². The molecule has 50 heavy (non-hydrogen) atoms. The first-order valence-corrected chi connectivity index (χ1v) is 16.8. The lowest BCUT2D eigenvalue weighted by molar-refractivity contribution is 0.527. The lowest BCUT2D eigenvalue weighted by Gasteiger charge is -2.38. The normalized spacial score (nSPS) is 14.6. The Morgan fingerprint density at radius 2 is 1.04 bits per heavy atom. The van der Waals surface area contributed by atoms with E-state index in [-0.39, 0.29) is 11.3 Å². The van der Waals surface area contributed by atoms with Crippen LogP contribution in [-0.2, 0) is 5.41 Å². The number of benzene rings is 7. The maximum atomic E-state index is 17.3. The van der Waals surface area contributed by atoms with Gasteiger partial charge in [-0.3, -0.25) is 0 Å². The van der Waals surface area contributed by atoms with E-state index < -0.39 is 52.4 Å². The number of nitrogens with zero attached hydrogens (tertiary/aromatic N) is 1. The highest BCUT2D eigenvalue weighted by Crippen LogP contribution is 2.63. The summed E-state index contributed by atoms with van der Waals surface area (Å²) in [5, 5.41) is 0. The van der Waals surface area contributed by atoms with E-state index in [4.69, 9.17) is 5.48 Å². The van der Waals surface area contributed by atoms with Crippen LogP contribution in [0.15, 0.2) is 158 Å². The summed E-state index contributed by atoms with van der Waals surface area (Å²) in [7, 11) is 0. The quantitative estimate of drug-likeness (QED) is 0.182. The molecular weight excluding hydrogens is 617 g/mol. The molecule has 0 saturated carbocycles. The Bertz CT molecular complexity index is 2590. The molecule has 9 rings (SSSR count). The zero-order chi connectivity index (χ0) is 37.7. The minimum atomic E-state index is -1.14. The van der Waals surface area contributed by atoms with Crippen LogP contribution in [0.4, 0.5) is 20.2 Å². The molecule has 0 aliphatic heterocycles. The van der Waals surface area contributed by atoms with Crippen molar-refractivity contribution in [1.82, 2.24) is 0 Å². The van der Waals surface area contributed by atoms with Gasteiger partial charge in [-0.2, -0.15) is 0 Å². The average Bonchev–Trinajstić information content (AvgIpc) is 3.65. The molecule has 0 aromatic heterocycles. The molecule has 7 aromatic carbocycles. The Kier molecular flexibility index (Phi) is 5.81. The molecule has 0 unspecified atom stereocenters. The summed E-state index contributed by atoms with van der Waals surface area (Å²) in [6.07, 6.45) is 0. The summed E-state index contributed by atoms with van der Waals surface area (Å²) in [4.78, 5) is 1.37. The standard InChI is InChI=1S/C47H35F2N/c1-46(2,3)50(43-24-14-13-23-42(43)48)44-29-32(27-37(45(44)49)30-15-5-4-6-16-30)31-25-26-36-35-19-9-12-22-40(35)47(41(36)28-31)38-20-10-7-17-33(38)34-18-8-11-21-39(34)47/h4-29H,1-3H3/i13D,14D,23D,24D. The molecule has 0 N–H and O–H groups in total. The number of hydrogen-bond donors (Lipinski definition) is 0. The molecule has 0 radical (unpaired) electrons. The van der Waals surface area contributed by atoms with E-state index in [9.17, 15) is 0 Å². The summed E-state index contributed by atoms with van der Waals surface area (Å²) in [6.45, 7) is 5.31. The van der Waals surface area contributed by atoms with Crippen molar-refractivity contribution in [1.29, 1.82) is 0 Å². The maximum absolute atomic E-state index is 17.3. The number of halogens is 2. The smallest absolute Gasteiger partial charge is 0.154 e. The molecule has 0 amide bonds. The maximum Gasteiger partial charge on any atom is 0.154 e. The van der Waals surface area contributed by atoms with Crippen LogP contribution in [0.1, 0.15) is 48.5 Å². The molecular formula is C47H35F2N. The fraction of sp³-hybridized carbons (Fsp3) is 0.106. The van der Waals surface area contributed by atoms with Gasteiger partial charge in [-0.05, 0) is 112 Å².